The minimum absolute atomic E-state index is 0.310. The maximum Gasteiger partial charge on any atom is 0.224 e. The van der Waals surface area contributed by atoms with Crippen LogP contribution in [0.25, 0.3) is 20.7 Å². The second-order valence-corrected chi connectivity index (χ2v) is 9.79. The molecule has 0 amide bonds. The van der Waals surface area contributed by atoms with Gasteiger partial charge in [-0.05, 0) is 48.3 Å². The smallest absolute Gasteiger partial charge is 0.224 e. The summed E-state index contributed by atoms with van der Waals surface area (Å²) in [5, 5.41) is 0.310. The first-order valence-electron chi connectivity index (χ1n) is 10.9. The number of halogens is 1. The number of ether oxygens (including phenoxy) is 1. The average molecular weight is 458 g/mol. The highest BCUT2D eigenvalue weighted by atomic mass is 35.5. The fourth-order valence-corrected chi connectivity index (χ4v) is 5.81. The predicted octanol–water partition coefficient (Wildman–Crippen LogP) is 3.90. The van der Waals surface area contributed by atoms with E-state index in [2.05, 4.69) is 62.9 Å². The number of likely N-dealkylation sites (N-methyl/N-ethyl adjacent to an activating group) is 1. The van der Waals surface area contributed by atoms with Crippen LogP contribution in [0, 0.1) is 6.92 Å². The van der Waals surface area contributed by atoms with E-state index in [0.717, 1.165) is 61.8 Å². The second-order valence-electron chi connectivity index (χ2n) is 8.43. The summed E-state index contributed by atoms with van der Waals surface area (Å²) in [6.07, 6.45) is 0. The van der Waals surface area contributed by atoms with Gasteiger partial charge < -0.3 is 14.5 Å². The van der Waals surface area contributed by atoms with Crippen molar-refractivity contribution in [1.29, 1.82) is 0 Å². The molecular weight excluding hydrogens is 430 g/mol. The van der Waals surface area contributed by atoms with Gasteiger partial charge in [-0.25, -0.2) is 4.98 Å². The zero-order chi connectivity index (χ0) is 21.4. The largest absolute Gasteiger partial charge is 0.378 e. The molecule has 0 aliphatic carbocycles. The molecule has 0 atom stereocenters. The van der Waals surface area contributed by atoms with E-state index in [4.69, 9.17) is 16.3 Å². The molecule has 0 spiro atoms. The van der Waals surface area contributed by atoms with E-state index in [1.807, 2.05) is 0 Å². The van der Waals surface area contributed by atoms with E-state index >= 15 is 0 Å². The lowest BCUT2D eigenvalue weighted by Gasteiger charge is -2.32. The van der Waals surface area contributed by atoms with Crippen LogP contribution >= 0.6 is 22.9 Å². The number of anilines is 1. The van der Waals surface area contributed by atoms with Crippen LogP contribution in [0.2, 0.25) is 5.28 Å². The first kappa shape index (κ1) is 21.1. The van der Waals surface area contributed by atoms with Crippen LogP contribution in [0.5, 0.6) is 0 Å². The van der Waals surface area contributed by atoms with E-state index in [1.54, 1.807) is 11.3 Å². The Morgan fingerprint density at radius 3 is 2.61 bits per heavy atom. The molecule has 3 aromatic rings. The summed E-state index contributed by atoms with van der Waals surface area (Å²) in [5.74, 6) is 0.936. The van der Waals surface area contributed by atoms with Crippen molar-refractivity contribution in [3.8, 4) is 10.4 Å². The van der Waals surface area contributed by atoms with E-state index < -0.39 is 0 Å². The molecule has 4 heterocycles. The van der Waals surface area contributed by atoms with Crippen molar-refractivity contribution < 1.29 is 4.74 Å². The van der Waals surface area contributed by atoms with Crippen molar-refractivity contribution in [2.45, 2.75) is 13.5 Å². The lowest BCUT2D eigenvalue weighted by Crippen LogP contribution is -2.43. The number of morpholine rings is 1. The first-order valence-corrected chi connectivity index (χ1v) is 12.1. The summed E-state index contributed by atoms with van der Waals surface area (Å²) in [4.78, 5) is 17.6. The number of nitrogens with zero attached hydrogens (tertiary/aromatic N) is 5. The summed E-state index contributed by atoms with van der Waals surface area (Å²) in [7, 11) is 2.20. The summed E-state index contributed by atoms with van der Waals surface area (Å²) in [6, 6.07) is 8.94. The van der Waals surface area contributed by atoms with Gasteiger partial charge in [0.25, 0.3) is 0 Å². The van der Waals surface area contributed by atoms with Gasteiger partial charge >= 0.3 is 0 Å². The number of hydrogen-bond acceptors (Lipinski definition) is 7. The highest BCUT2D eigenvalue weighted by molar-refractivity contribution is 7.23. The molecular formula is C23H28ClN5OS. The Balaban J connectivity index is 1.48. The fourth-order valence-electron chi connectivity index (χ4n) is 4.39. The number of benzene rings is 1. The Morgan fingerprint density at radius 2 is 1.84 bits per heavy atom. The molecule has 0 saturated carbocycles. The molecule has 0 bridgehead atoms. The molecule has 2 aliphatic rings. The highest BCUT2D eigenvalue weighted by Gasteiger charge is 2.22. The average Bonchev–Trinajstić information content (AvgIpc) is 3.12. The third-order valence-electron chi connectivity index (χ3n) is 6.22. The van der Waals surface area contributed by atoms with E-state index in [1.165, 1.54) is 21.6 Å². The number of aromatic nitrogens is 2. The Bertz CT molecular complexity index is 1070. The van der Waals surface area contributed by atoms with Crippen molar-refractivity contribution in [3.63, 3.8) is 0 Å². The minimum atomic E-state index is 0.310. The van der Waals surface area contributed by atoms with Crippen LogP contribution in [0.1, 0.15) is 11.1 Å². The fraction of sp³-hybridized carbons (Fsp3) is 0.478. The molecule has 0 unspecified atom stereocenters. The molecule has 1 aromatic carbocycles. The number of thiophene rings is 1. The lowest BCUT2D eigenvalue weighted by molar-refractivity contribution is 0.122. The van der Waals surface area contributed by atoms with Crippen LogP contribution in [0.15, 0.2) is 24.3 Å². The van der Waals surface area contributed by atoms with Gasteiger partial charge in [0.1, 0.15) is 0 Å². The topological polar surface area (TPSA) is 44.7 Å². The second kappa shape index (κ2) is 9.00. The Morgan fingerprint density at radius 1 is 1.06 bits per heavy atom. The molecule has 0 radical (unpaired) electrons. The van der Waals surface area contributed by atoms with Crippen molar-refractivity contribution in [2.75, 3.05) is 64.4 Å². The Kier molecular flexibility index (Phi) is 6.12. The van der Waals surface area contributed by atoms with Crippen molar-refractivity contribution >= 4 is 39.0 Å². The first-order chi connectivity index (χ1) is 15.1. The molecule has 2 aliphatic heterocycles. The molecule has 2 fully saturated rings. The highest BCUT2D eigenvalue weighted by Crippen LogP contribution is 2.41. The summed E-state index contributed by atoms with van der Waals surface area (Å²) >= 11 is 8.10. The third-order valence-corrected chi connectivity index (χ3v) is 7.72. The van der Waals surface area contributed by atoms with Gasteiger partial charge in [0.2, 0.25) is 5.28 Å². The van der Waals surface area contributed by atoms with Gasteiger partial charge in [0.15, 0.2) is 5.82 Å². The molecule has 8 heteroatoms. The maximum atomic E-state index is 6.33. The number of aryl methyl sites for hydroxylation is 1. The molecule has 5 rings (SSSR count). The molecule has 164 valence electrons. The van der Waals surface area contributed by atoms with Crippen molar-refractivity contribution in [2.24, 2.45) is 0 Å². The normalized spacial score (nSPS) is 18.7. The van der Waals surface area contributed by atoms with Crippen LogP contribution in [0.3, 0.4) is 0 Å². The summed E-state index contributed by atoms with van der Waals surface area (Å²) in [6.45, 7) is 10.8. The Hall–Kier alpha value is -1.77. The number of rotatable bonds is 4. The van der Waals surface area contributed by atoms with Crippen LogP contribution in [-0.2, 0) is 11.3 Å². The van der Waals surface area contributed by atoms with Gasteiger partial charge in [-0.15, -0.1) is 11.3 Å². The van der Waals surface area contributed by atoms with Gasteiger partial charge in [0.05, 0.1) is 23.4 Å². The van der Waals surface area contributed by atoms with Crippen LogP contribution < -0.4 is 4.90 Å². The van der Waals surface area contributed by atoms with Gasteiger partial charge in [-0.1, -0.05) is 18.2 Å². The molecule has 6 nitrogen and oxygen atoms in total. The predicted molar refractivity (Wildman–Crippen MR) is 128 cm³/mol. The van der Waals surface area contributed by atoms with Gasteiger partial charge in [-0.2, -0.15) is 4.98 Å². The number of fused-ring (bicyclic) bond motifs is 1. The van der Waals surface area contributed by atoms with Crippen molar-refractivity contribution in [1.82, 2.24) is 19.8 Å². The van der Waals surface area contributed by atoms with E-state index in [0.29, 0.717) is 18.5 Å². The third kappa shape index (κ3) is 4.43. The zero-order valence-electron chi connectivity index (χ0n) is 18.1. The van der Waals surface area contributed by atoms with Crippen LogP contribution in [-0.4, -0.2) is 79.3 Å². The van der Waals surface area contributed by atoms with E-state index in [9.17, 15) is 0 Å². The zero-order valence-corrected chi connectivity index (χ0v) is 19.7. The number of hydrogen-bond donors (Lipinski definition) is 0. The van der Waals surface area contributed by atoms with E-state index in [-0.39, 0.29) is 0 Å². The molecule has 2 aromatic heterocycles. The van der Waals surface area contributed by atoms with Gasteiger partial charge in [-0.3, -0.25) is 4.90 Å². The van der Waals surface area contributed by atoms with Crippen LogP contribution in [0.4, 0.5) is 5.82 Å². The quantitative estimate of drug-likeness (QED) is 0.553. The lowest BCUT2D eigenvalue weighted by atomic mass is 10.1. The summed E-state index contributed by atoms with van der Waals surface area (Å²) in [5.41, 5.74) is 4.74. The summed E-state index contributed by atoms with van der Waals surface area (Å²) < 4.78 is 6.64. The standard InChI is InChI=1S/C23H28ClN5OS/c1-16-19-21(22(26-23(24)25-19)29-10-12-30-13-11-29)31-20(16)18-5-3-4-17(14-18)15-28-8-6-27(2)7-9-28/h3-5,14H,6-13,15H2,1-2H3. The van der Waals surface area contributed by atoms with Crippen molar-refractivity contribution in [3.05, 3.63) is 40.7 Å². The Labute approximate surface area is 192 Å². The minimum Gasteiger partial charge on any atom is -0.378 e. The SMILES string of the molecule is Cc1c(-c2cccc(CN3CCN(C)CC3)c2)sc2c(N3CCOCC3)nc(Cl)nc12. The maximum absolute atomic E-state index is 6.33. The van der Waals surface area contributed by atoms with Gasteiger partial charge in [0, 0.05) is 50.7 Å². The molecule has 31 heavy (non-hydrogen) atoms. The molecule has 2 saturated heterocycles. The monoisotopic (exact) mass is 457 g/mol. The molecule has 0 N–H and O–H groups in total. The number of piperazine rings is 1.